The monoisotopic (exact) mass is 256 g/mol. The molecule has 0 amide bonds. The van der Waals surface area contributed by atoms with E-state index < -0.39 is 0 Å². The van der Waals surface area contributed by atoms with E-state index in [0.29, 0.717) is 23.9 Å². The third kappa shape index (κ3) is 3.46. The van der Waals surface area contributed by atoms with Crippen LogP contribution in [0.15, 0.2) is 0 Å². The van der Waals surface area contributed by atoms with E-state index >= 15 is 0 Å². The summed E-state index contributed by atoms with van der Waals surface area (Å²) in [5, 5.41) is 0. The van der Waals surface area contributed by atoms with Crippen LogP contribution < -0.4 is 5.90 Å². The zero-order valence-electron chi connectivity index (χ0n) is 13.1. The normalized spacial score (nSPS) is 31.5. The Morgan fingerprint density at radius 1 is 1.28 bits per heavy atom. The predicted octanol–water partition coefficient (Wildman–Crippen LogP) is 3.19. The molecule has 3 heteroatoms. The van der Waals surface area contributed by atoms with Gasteiger partial charge in [0.2, 0.25) is 0 Å². The van der Waals surface area contributed by atoms with E-state index in [4.69, 9.17) is 10.7 Å². The SMILES string of the molecule is CCC(C)CC1(ON)CC(C(C)C)N(C(C)C)C1. The number of hydrogen-bond acceptors (Lipinski definition) is 3. The molecule has 0 bridgehead atoms. The standard InChI is InChI=1S/C15H32N2O/c1-7-13(6)8-15(18-16)9-14(11(2)3)17(10-15)12(4)5/h11-14H,7-10,16H2,1-6H3. The maximum Gasteiger partial charge on any atom is 0.104 e. The number of hydrogen-bond donors (Lipinski definition) is 1. The molecular weight excluding hydrogens is 224 g/mol. The average molecular weight is 256 g/mol. The highest BCUT2D eigenvalue weighted by Gasteiger charge is 2.47. The first-order valence-electron chi connectivity index (χ1n) is 7.49. The van der Waals surface area contributed by atoms with Crippen molar-refractivity contribution in [3.63, 3.8) is 0 Å². The summed E-state index contributed by atoms with van der Waals surface area (Å²) in [7, 11) is 0. The molecule has 3 nitrogen and oxygen atoms in total. The minimum absolute atomic E-state index is 0.130. The lowest BCUT2D eigenvalue weighted by Gasteiger charge is -2.31. The molecule has 2 N–H and O–H groups in total. The highest BCUT2D eigenvalue weighted by molar-refractivity contribution is 5.00. The second kappa shape index (κ2) is 6.36. The topological polar surface area (TPSA) is 38.5 Å². The van der Waals surface area contributed by atoms with Crippen molar-refractivity contribution in [3.05, 3.63) is 0 Å². The number of likely N-dealkylation sites (tertiary alicyclic amines) is 1. The highest BCUT2D eigenvalue weighted by atomic mass is 16.6. The molecule has 0 aromatic heterocycles. The molecule has 0 aliphatic carbocycles. The first-order valence-corrected chi connectivity index (χ1v) is 7.49. The molecule has 0 saturated carbocycles. The smallest absolute Gasteiger partial charge is 0.104 e. The molecule has 1 heterocycles. The van der Waals surface area contributed by atoms with E-state index in [2.05, 4.69) is 46.4 Å². The lowest BCUT2D eigenvalue weighted by atomic mass is 9.86. The van der Waals surface area contributed by atoms with Crippen LogP contribution in [0.1, 0.15) is 60.8 Å². The zero-order valence-corrected chi connectivity index (χ0v) is 13.1. The molecule has 0 spiro atoms. The zero-order chi connectivity index (χ0) is 13.9. The van der Waals surface area contributed by atoms with Gasteiger partial charge in [-0.2, -0.15) is 0 Å². The molecule has 0 aromatic carbocycles. The quantitative estimate of drug-likeness (QED) is 0.742. The molecule has 1 fully saturated rings. The largest absolute Gasteiger partial charge is 0.297 e. The minimum Gasteiger partial charge on any atom is -0.297 e. The van der Waals surface area contributed by atoms with Gasteiger partial charge in [-0.05, 0) is 38.5 Å². The second-order valence-corrected chi connectivity index (χ2v) is 6.80. The van der Waals surface area contributed by atoms with Crippen LogP contribution in [-0.2, 0) is 4.84 Å². The second-order valence-electron chi connectivity index (χ2n) is 6.80. The molecule has 3 atom stereocenters. The Bertz CT molecular complexity index is 237. The van der Waals surface area contributed by atoms with Gasteiger partial charge in [0.15, 0.2) is 0 Å². The van der Waals surface area contributed by atoms with Gasteiger partial charge in [0.1, 0.15) is 5.60 Å². The Morgan fingerprint density at radius 2 is 1.89 bits per heavy atom. The van der Waals surface area contributed by atoms with E-state index in [9.17, 15) is 0 Å². The Balaban J connectivity index is 2.83. The summed E-state index contributed by atoms with van der Waals surface area (Å²) in [6.45, 7) is 14.7. The maximum atomic E-state index is 5.67. The van der Waals surface area contributed by atoms with Crippen molar-refractivity contribution in [3.8, 4) is 0 Å². The summed E-state index contributed by atoms with van der Waals surface area (Å²) >= 11 is 0. The maximum absolute atomic E-state index is 5.67. The van der Waals surface area contributed by atoms with Crippen molar-refractivity contribution in [2.45, 2.75) is 78.5 Å². The van der Waals surface area contributed by atoms with Gasteiger partial charge < -0.3 is 0 Å². The number of nitrogens with zero attached hydrogens (tertiary/aromatic N) is 1. The van der Waals surface area contributed by atoms with E-state index in [0.717, 1.165) is 19.4 Å². The summed E-state index contributed by atoms with van der Waals surface area (Å²) in [6.07, 6.45) is 3.34. The molecule has 1 aliphatic heterocycles. The Morgan fingerprint density at radius 3 is 2.22 bits per heavy atom. The lowest BCUT2D eigenvalue weighted by molar-refractivity contribution is -0.0566. The van der Waals surface area contributed by atoms with Crippen molar-refractivity contribution in [2.24, 2.45) is 17.7 Å². The van der Waals surface area contributed by atoms with Crippen LogP contribution in [0.4, 0.5) is 0 Å². The van der Waals surface area contributed by atoms with Crippen molar-refractivity contribution < 1.29 is 4.84 Å². The summed E-state index contributed by atoms with van der Waals surface area (Å²) < 4.78 is 0. The van der Waals surface area contributed by atoms with Crippen LogP contribution in [0.5, 0.6) is 0 Å². The molecule has 0 aromatic rings. The van der Waals surface area contributed by atoms with Crippen LogP contribution in [-0.4, -0.2) is 29.1 Å². The summed E-state index contributed by atoms with van der Waals surface area (Å²) in [6, 6.07) is 1.16. The molecule has 1 aliphatic rings. The number of rotatable bonds is 6. The molecular formula is C15H32N2O. The van der Waals surface area contributed by atoms with Crippen molar-refractivity contribution in [1.29, 1.82) is 0 Å². The molecule has 0 radical (unpaired) electrons. The molecule has 3 unspecified atom stereocenters. The van der Waals surface area contributed by atoms with Gasteiger partial charge in [-0.3, -0.25) is 9.74 Å². The van der Waals surface area contributed by atoms with Crippen LogP contribution >= 0.6 is 0 Å². The fourth-order valence-corrected chi connectivity index (χ4v) is 3.26. The van der Waals surface area contributed by atoms with Gasteiger partial charge in [-0.25, -0.2) is 5.90 Å². The van der Waals surface area contributed by atoms with Gasteiger partial charge in [0.05, 0.1) is 0 Å². The Kier molecular flexibility index (Phi) is 5.63. The van der Waals surface area contributed by atoms with Crippen molar-refractivity contribution in [1.82, 2.24) is 4.90 Å². The first-order chi connectivity index (χ1) is 8.35. The van der Waals surface area contributed by atoms with E-state index in [1.54, 1.807) is 0 Å². The van der Waals surface area contributed by atoms with Crippen molar-refractivity contribution >= 4 is 0 Å². The van der Waals surface area contributed by atoms with Gasteiger partial charge in [0, 0.05) is 18.6 Å². The first kappa shape index (κ1) is 15.9. The van der Waals surface area contributed by atoms with Gasteiger partial charge in [-0.1, -0.05) is 34.1 Å². The summed E-state index contributed by atoms with van der Waals surface area (Å²) in [4.78, 5) is 8.06. The van der Waals surface area contributed by atoms with Gasteiger partial charge in [0.25, 0.3) is 0 Å². The van der Waals surface area contributed by atoms with Crippen molar-refractivity contribution in [2.75, 3.05) is 6.54 Å². The predicted molar refractivity (Wildman–Crippen MR) is 77.2 cm³/mol. The fraction of sp³-hybridized carbons (Fsp3) is 1.00. The Hall–Kier alpha value is -0.120. The van der Waals surface area contributed by atoms with E-state index in [1.807, 2.05) is 0 Å². The lowest BCUT2D eigenvalue weighted by Crippen LogP contribution is -2.42. The van der Waals surface area contributed by atoms with Crippen LogP contribution in [0.25, 0.3) is 0 Å². The van der Waals surface area contributed by atoms with Gasteiger partial charge in [-0.15, -0.1) is 0 Å². The van der Waals surface area contributed by atoms with Crippen LogP contribution in [0, 0.1) is 11.8 Å². The Labute approximate surface area is 113 Å². The number of nitrogens with two attached hydrogens (primary N) is 1. The van der Waals surface area contributed by atoms with Crippen LogP contribution in [0.3, 0.4) is 0 Å². The van der Waals surface area contributed by atoms with E-state index in [-0.39, 0.29) is 5.60 Å². The molecule has 1 saturated heterocycles. The summed E-state index contributed by atoms with van der Waals surface area (Å²) in [5.41, 5.74) is -0.130. The minimum atomic E-state index is -0.130. The molecule has 1 rings (SSSR count). The molecule has 18 heavy (non-hydrogen) atoms. The third-order valence-corrected chi connectivity index (χ3v) is 4.58. The average Bonchev–Trinajstić information content (AvgIpc) is 2.70. The fourth-order valence-electron chi connectivity index (χ4n) is 3.26. The highest BCUT2D eigenvalue weighted by Crippen LogP contribution is 2.38. The van der Waals surface area contributed by atoms with Crippen LogP contribution in [0.2, 0.25) is 0 Å². The molecule has 108 valence electrons. The summed E-state index contributed by atoms with van der Waals surface area (Å²) in [5.74, 6) is 7.00. The van der Waals surface area contributed by atoms with E-state index in [1.165, 1.54) is 6.42 Å². The third-order valence-electron chi connectivity index (χ3n) is 4.58. The van der Waals surface area contributed by atoms with Gasteiger partial charge >= 0.3 is 0 Å².